The first-order valence-electron chi connectivity index (χ1n) is 8.54. The molecule has 1 aromatic heterocycles. The van der Waals surface area contributed by atoms with E-state index in [1.165, 1.54) is 24.7 Å². The predicted octanol–water partition coefficient (Wildman–Crippen LogP) is 3.61. The van der Waals surface area contributed by atoms with Crippen molar-refractivity contribution in [2.45, 2.75) is 0 Å². The number of carbonyl (C=O) groups is 3. The second-order valence-corrected chi connectivity index (χ2v) is 6.94. The number of hydrazone groups is 1. The summed E-state index contributed by atoms with van der Waals surface area (Å²) in [6.45, 7) is 0. The van der Waals surface area contributed by atoms with Crippen molar-refractivity contribution in [2.75, 3.05) is 7.11 Å². The van der Waals surface area contributed by atoms with E-state index in [1.807, 2.05) is 0 Å². The van der Waals surface area contributed by atoms with E-state index in [2.05, 4.69) is 5.10 Å². The molecule has 4 rings (SSSR count). The van der Waals surface area contributed by atoms with Gasteiger partial charge in [0.2, 0.25) is 0 Å². The lowest BCUT2D eigenvalue weighted by atomic mass is 10.1. The molecule has 29 heavy (non-hydrogen) atoms. The fraction of sp³-hybridized carbons (Fsp3) is 0.0476. The van der Waals surface area contributed by atoms with E-state index in [9.17, 15) is 14.4 Å². The maximum atomic E-state index is 12.3. The summed E-state index contributed by atoms with van der Waals surface area (Å²) in [7, 11) is 1.45. The van der Waals surface area contributed by atoms with Gasteiger partial charge in [0.05, 0.1) is 24.5 Å². The van der Waals surface area contributed by atoms with Crippen molar-refractivity contribution in [1.82, 2.24) is 5.01 Å². The molecule has 0 saturated carbocycles. The maximum absolute atomic E-state index is 12.3. The van der Waals surface area contributed by atoms with Gasteiger partial charge in [-0.25, -0.2) is 4.79 Å². The molecular weight excluding hydrogens is 392 g/mol. The van der Waals surface area contributed by atoms with Crippen LogP contribution < -0.4 is 9.47 Å². The van der Waals surface area contributed by atoms with Crippen molar-refractivity contribution in [3.63, 3.8) is 0 Å². The number of benzene rings is 2. The molecule has 0 bridgehead atoms. The molecule has 0 unspecified atom stereocenters. The van der Waals surface area contributed by atoms with Crippen LogP contribution >= 0.6 is 11.3 Å². The molecule has 2 aromatic carbocycles. The summed E-state index contributed by atoms with van der Waals surface area (Å²) in [4.78, 5) is 37.3. The molecule has 0 fully saturated rings. The third-order valence-electron chi connectivity index (χ3n) is 4.21. The fourth-order valence-electron chi connectivity index (χ4n) is 2.80. The Bertz CT molecular complexity index is 1100. The number of fused-ring (bicyclic) bond motifs is 1. The molecule has 0 radical (unpaired) electrons. The lowest BCUT2D eigenvalue weighted by Gasteiger charge is -2.10. The summed E-state index contributed by atoms with van der Waals surface area (Å²) in [5.41, 5.74) is 1.21. The zero-order valence-electron chi connectivity index (χ0n) is 15.2. The minimum atomic E-state index is -0.481. The first kappa shape index (κ1) is 18.6. The molecule has 0 saturated heterocycles. The molecule has 8 heteroatoms. The van der Waals surface area contributed by atoms with Gasteiger partial charge >= 0.3 is 5.97 Å². The van der Waals surface area contributed by atoms with Gasteiger partial charge in [0.25, 0.3) is 11.8 Å². The average molecular weight is 406 g/mol. The van der Waals surface area contributed by atoms with Gasteiger partial charge in [-0.3, -0.25) is 9.59 Å². The third-order valence-corrected chi connectivity index (χ3v) is 5.06. The molecule has 2 heterocycles. The SMILES string of the molecule is COc1cc(C=NN2C(=O)c3ccccc3C2=O)ccc1OC(=O)c1cccs1. The standard InChI is InChI=1S/C21H14N2O5S/c1-27-17-11-13(8-9-16(17)28-21(26)18-7-4-10-29-18)12-22-23-19(24)14-5-2-3-6-15(14)20(23)25/h2-12H,1H3. The summed E-state index contributed by atoms with van der Waals surface area (Å²) in [5.74, 6) is -0.860. The highest BCUT2D eigenvalue weighted by Gasteiger charge is 2.35. The van der Waals surface area contributed by atoms with Gasteiger partial charge < -0.3 is 9.47 Å². The van der Waals surface area contributed by atoms with Crippen LogP contribution in [0.1, 0.15) is 36.0 Å². The number of methoxy groups -OCH3 is 1. The van der Waals surface area contributed by atoms with Crippen molar-refractivity contribution in [3.8, 4) is 11.5 Å². The fourth-order valence-corrected chi connectivity index (χ4v) is 3.40. The Morgan fingerprint density at radius 3 is 2.34 bits per heavy atom. The monoisotopic (exact) mass is 406 g/mol. The number of imide groups is 1. The van der Waals surface area contributed by atoms with E-state index < -0.39 is 17.8 Å². The second kappa shape index (κ2) is 7.69. The number of hydrogen-bond acceptors (Lipinski definition) is 7. The van der Waals surface area contributed by atoms with Crippen LogP contribution in [0.25, 0.3) is 0 Å². The highest BCUT2D eigenvalue weighted by molar-refractivity contribution is 7.12. The Labute approximate surface area is 169 Å². The van der Waals surface area contributed by atoms with Crippen LogP contribution in [0.2, 0.25) is 0 Å². The molecule has 0 aliphatic carbocycles. The average Bonchev–Trinajstić information content (AvgIpc) is 3.36. The molecule has 2 amide bonds. The van der Waals surface area contributed by atoms with Crippen LogP contribution in [0, 0.1) is 0 Å². The number of esters is 1. The number of rotatable bonds is 5. The van der Waals surface area contributed by atoms with Crippen LogP contribution in [0.3, 0.4) is 0 Å². The van der Waals surface area contributed by atoms with Gasteiger partial charge in [0, 0.05) is 0 Å². The van der Waals surface area contributed by atoms with Gasteiger partial charge in [0.15, 0.2) is 11.5 Å². The van der Waals surface area contributed by atoms with Crippen molar-refractivity contribution < 1.29 is 23.9 Å². The first-order chi connectivity index (χ1) is 14.1. The smallest absolute Gasteiger partial charge is 0.353 e. The molecule has 0 N–H and O–H groups in total. The number of thiophene rings is 1. The van der Waals surface area contributed by atoms with Crippen LogP contribution in [-0.4, -0.2) is 36.1 Å². The zero-order chi connectivity index (χ0) is 20.4. The van der Waals surface area contributed by atoms with Gasteiger partial charge in [-0.15, -0.1) is 11.3 Å². The minimum Gasteiger partial charge on any atom is -0.493 e. The summed E-state index contributed by atoms with van der Waals surface area (Å²) >= 11 is 1.28. The van der Waals surface area contributed by atoms with E-state index in [1.54, 1.807) is 60.0 Å². The number of ether oxygens (including phenoxy) is 2. The van der Waals surface area contributed by atoms with E-state index in [0.29, 0.717) is 27.3 Å². The Kier molecular flexibility index (Phi) is 4.92. The van der Waals surface area contributed by atoms with E-state index in [4.69, 9.17) is 9.47 Å². The third kappa shape index (κ3) is 3.53. The van der Waals surface area contributed by atoms with Crippen molar-refractivity contribution >= 4 is 35.3 Å². The number of nitrogens with zero attached hydrogens (tertiary/aromatic N) is 2. The van der Waals surface area contributed by atoms with Crippen LogP contribution in [-0.2, 0) is 0 Å². The molecule has 3 aromatic rings. The quantitative estimate of drug-likeness (QED) is 0.280. The van der Waals surface area contributed by atoms with Gasteiger partial charge in [-0.05, 0) is 47.3 Å². The molecule has 0 spiro atoms. The van der Waals surface area contributed by atoms with Crippen molar-refractivity contribution in [1.29, 1.82) is 0 Å². The Morgan fingerprint density at radius 2 is 1.72 bits per heavy atom. The van der Waals surface area contributed by atoms with E-state index >= 15 is 0 Å². The van der Waals surface area contributed by atoms with E-state index in [0.717, 1.165) is 5.01 Å². The second-order valence-electron chi connectivity index (χ2n) is 5.99. The molecule has 7 nitrogen and oxygen atoms in total. The Balaban J connectivity index is 1.53. The first-order valence-corrected chi connectivity index (χ1v) is 9.42. The minimum absolute atomic E-state index is 0.254. The highest BCUT2D eigenvalue weighted by atomic mass is 32.1. The van der Waals surface area contributed by atoms with Crippen molar-refractivity contribution in [2.24, 2.45) is 5.10 Å². The molecule has 1 aliphatic heterocycles. The lowest BCUT2D eigenvalue weighted by molar-refractivity contribution is 0.0658. The van der Waals surface area contributed by atoms with Crippen molar-refractivity contribution in [3.05, 3.63) is 81.5 Å². The largest absolute Gasteiger partial charge is 0.493 e. The topological polar surface area (TPSA) is 85.3 Å². The number of carbonyl (C=O) groups excluding carboxylic acids is 3. The molecule has 144 valence electrons. The normalized spacial score (nSPS) is 13.1. The van der Waals surface area contributed by atoms with Gasteiger partial charge in [-0.1, -0.05) is 18.2 Å². The van der Waals surface area contributed by atoms with Gasteiger partial charge in [-0.2, -0.15) is 10.1 Å². The van der Waals surface area contributed by atoms with Crippen LogP contribution in [0.5, 0.6) is 11.5 Å². The summed E-state index contributed by atoms with van der Waals surface area (Å²) in [5, 5.41) is 6.63. The highest BCUT2D eigenvalue weighted by Crippen LogP contribution is 2.29. The molecular formula is C21H14N2O5S. The Hall–Kier alpha value is -3.78. The van der Waals surface area contributed by atoms with E-state index in [-0.39, 0.29) is 5.75 Å². The number of amides is 2. The van der Waals surface area contributed by atoms with Gasteiger partial charge in [0.1, 0.15) is 4.88 Å². The molecule has 0 atom stereocenters. The number of hydrogen-bond donors (Lipinski definition) is 0. The summed E-state index contributed by atoms with van der Waals surface area (Å²) in [6, 6.07) is 14.8. The van der Waals surface area contributed by atoms with Crippen LogP contribution in [0.15, 0.2) is 65.1 Å². The predicted molar refractivity (Wildman–Crippen MR) is 107 cm³/mol. The maximum Gasteiger partial charge on any atom is 0.353 e. The molecule has 1 aliphatic rings. The summed E-state index contributed by atoms with van der Waals surface area (Å²) in [6.07, 6.45) is 1.37. The summed E-state index contributed by atoms with van der Waals surface area (Å²) < 4.78 is 10.7. The van der Waals surface area contributed by atoms with Crippen LogP contribution in [0.4, 0.5) is 0 Å². The Morgan fingerprint density at radius 1 is 1.00 bits per heavy atom. The lowest BCUT2D eigenvalue weighted by Crippen LogP contribution is -2.24. The zero-order valence-corrected chi connectivity index (χ0v) is 16.0.